The number of anilines is 1. The van der Waals surface area contributed by atoms with E-state index in [4.69, 9.17) is 0 Å². The van der Waals surface area contributed by atoms with Crippen molar-refractivity contribution in [3.05, 3.63) is 29.8 Å². The summed E-state index contributed by atoms with van der Waals surface area (Å²) < 4.78 is 0. The molecule has 0 aliphatic carbocycles. The molecule has 0 atom stereocenters. The number of carbonyl (C=O) groups is 2. The van der Waals surface area contributed by atoms with Crippen LogP contribution in [0.25, 0.3) is 0 Å². The number of hydrogen-bond acceptors (Lipinski definition) is 4. The third-order valence-electron chi connectivity index (χ3n) is 5.66. The highest BCUT2D eigenvalue weighted by Gasteiger charge is 2.31. The van der Waals surface area contributed by atoms with Gasteiger partial charge in [0.2, 0.25) is 11.8 Å². The van der Waals surface area contributed by atoms with Crippen molar-refractivity contribution in [2.45, 2.75) is 27.7 Å². The van der Waals surface area contributed by atoms with Crippen molar-refractivity contribution in [3.8, 4) is 0 Å². The maximum absolute atomic E-state index is 12.7. The summed E-state index contributed by atoms with van der Waals surface area (Å²) >= 11 is 0. The van der Waals surface area contributed by atoms with Crippen molar-refractivity contribution in [3.63, 3.8) is 0 Å². The molecule has 6 heteroatoms. The highest BCUT2D eigenvalue weighted by molar-refractivity contribution is 5.82. The SMILES string of the molecule is Cc1cccc(N2CCN(C(=O)CN3CCN(C(=O)C(C)(C)C)CC3)CC2)c1. The largest absolute Gasteiger partial charge is 0.368 e. The zero-order chi connectivity index (χ0) is 20.3. The molecule has 154 valence electrons. The van der Waals surface area contributed by atoms with Gasteiger partial charge in [-0.3, -0.25) is 14.5 Å². The predicted octanol–water partition coefficient (Wildman–Crippen LogP) is 1.83. The molecule has 0 saturated carbocycles. The molecule has 1 aromatic carbocycles. The van der Waals surface area contributed by atoms with E-state index in [1.54, 1.807) is 0 Å². The molecule has 0 unspecified atom stereocenters. The van der Waals surface area contributed by atoms with Crippen LogP contribution in [0.5, 0.6) is 0 Å². The Labute approximate surface area is 169 Å². The molecule has 2 heterocycles. The van der Waals surface area contributed by atoms with Crippen LogP contribution in [0, 0.1) is 12.3 Å². The zero-order valence-corrected chi connectivity index (χ0v) is 17.8. The summed E-state index contributed by atoms with van der Waals surface area (Å²) in [5.41, 5.74) is 2.17. The Kier molecular flexibility index (Phi) is 6.28. The van der Waals surface area contributed by atoms with E-state index >= 15 is 0 Å². The summed E-state index contributed by atoms with van der Waals surface area (Å²) in [5.74, 6) is 0.408. The number of amides is 2. The monoisotopic (exact) mass is 386 g/mol. The molecule has 0 aromatic heterocycles. The maximum Gasteiger partial charge on any atom is 0.236 e. The smallest absolute Gasteiger partial charge is 0.236 e. The molecule has 2 amide bonds. The van der Waals surface area contributed by atoms with Crippen LogP contribution in [0.15, 0.2) is 24.3 Å². The lowest BCUT2D eigenvalue weighted by Crippen LogP contribution is -2.55. The lowest BCUT2D eigenvalue weighted by Gasteiger charge is -2.39. The minimum absolute atomic E-state index is 0.200. The highest BCUT2D eigenvalue weighted by atomic mass is 16.2. The molecule has 2 aliphatic heterocycles. The second-order valence-electron chi connectivity index (χ2n) is 9.03. The van der Waals surface area contributed by atoms with Crippen LogP contribution in [-0.2, 0) is 9.59 Å². The van der Waals surface area contributed by atoms with Gasteiger partial charge in [0.05, 0.1) is 6.54 Å². The van der Waals surface area contributed by atoms with Gasteiger partial charge in [-0.2, -0.15) is 0 Å². The third-order valence-corrected chi connectivity index (χ3v) is 5.66. The van der Waals surface area contributed by atoms with Crippen LogP contribution < -0.4 is 4.90 Å². The van der Waals surface area contributed by atoms with Crippen molar-refractivity contribution in [1.29, 1.82) is 0 Å². The summed E-state index contributed by atoms with van der Waals surface area (Å²) in [4.78, 5) is 33.6. The van der Waals surface area contributed by atoms with E-state index in [2.05, 4.69) is 41.0 Å². The molecule has 2 fully saturated rings. The van der Waals surface area contributed by atoms with Gasteiger partial charge < -0.3 is 14.7 Å². The minimum atomic E-state index is -0.338. The van der Waals surface area contributed by atoms with Crippen LogP contribution in [0.2, 0.25) is 0 Å². The van der Waals surface area contributed by atoms with E-state index in [0.29, 0.717) is 19.6 Å². The van der Waals surface area contributed by atoms with Gasteiger partial charge in [0.15, 0.2) is 0 Å². The van der Waals surface area contributed by atoms with E-state index in [1.165, 1.54) is 11.3 Å². The zero-order valence-electron chi connectivity index (χ0n) is 17.8. The van der Waals surface area contributed by atoms with Crippen molar-refractivity contribution in [1.82, 2.24) is 14.7 Å². The molecule has 2 saturated heterocycles. The Morgan fingerprint density at radius 3 is 2.07 bits per heavy atom. The van der Waals surface area contributed by atoms with Crippen LogP contribution in [0.4, 0.5) is 5.69 Å². The van der Waals surface area contributed by atoms with Crippen LogP contribution >= 0.6 is 0 Å². The quantitative estimate of drug-likeness (QED) is 0.795. The molecule has 0 spiro atoms. The van der Waals surface area contributed by atoms with Crippen LogP contribution in [0.1, 0.15) is 26.3 Å². The summed E-state index contributed by atoms with van der Waals surface area (Å²) in [5, 5.41) is 0. The van der Waals surface area contributed by atoms with Gasteiger partial charge in [0.25, 0.3) is 0 Å². The normalized spacial score (nSPS) is 19.1. The van der Waals surface area contributed by atoms with E-state index in [1.807, 2.05) is 30.6 Å². The fraction of sp³-hybridized carbons (Fsp3) is 0.636. The molecular formula is C22H34N4O2. The Bertz CT molecular complexity index is 697. The first kappa shape index (κ1) is 20.6. The highest BCUT2D eigenvalue weighted by Crippen LogP contribution is 2.19. The molecule has 28 heavy (non-hydrogen) atoms. The van der Waals surface area contributed by atoms with Crippen molar-refractivity contribution in [2.24, 2.45) is 5.41 Å². The van der Waals surface area contributed by atoms with E-state index in [9.17, 15) is 9.59 Å². The van der Waals surface area contributed by atoms with Crippen molar-refractivity contribution >= 4 is 17.5 Å². The van der Waals surface area contributed by atoms with Crippen molar-refractivity contribution in [2.75, 3.05) is 63.8 Å². The lowest BCUT2D eigenvalue weighted by molar-refractivity contribution is -0.141. The number of piperazine rings is 2. The number of rotatable bonds is 3. The van der Waals surface area contributed by atoms with Gasteiger partial charge in [0.1, 0.15) is 0 Å². The van der Waals surface area contributed by atoms with Gasteiger partial charge >= 0.3 is 0 Å². The number of carbonyl (C=O) groups excluding carboxylic acids is 2. The number of aryl methyl sites for hydroxylation is 1. The second-order valence-corrected chi connectivity index (χ2v) is 9.03. The predicted molar refractivity (Wildman–Crippen MR) is 112 cm³/mol. The molecule has 1 aromatic rings. The molecule has 0 radical (unpaired) electrons. The molecule has 2 aliphatic rings. The van der Waals surface area contributed by atoms with Gasteiger partial charge in [-0.15, -0.1) is 0 Å². The Hall–Kier alpha value is -2.08. The average Bonchev–Trinajstić information content (AvgIpc) is 2.67. The lowest BCUT2D eigenvalue weighted by atomic mass is 9.94. The number of hydrogen-bond donors (Lipinski definition) is 0. The second kappa shape index (κ2) is 8.52. The first-order valence-electron chi connectivity index (χ1n) is 10.4. The van der Waals surface area contributed by atoms with Gasteiger partial charge in [-0.05, 0) is 24.6 Å². The van der Waals surface area contributed by atoms with E-state index in [-0.39, 0.29) is 17.2 Å². The Balaban J connectivity index is 1.44. The summed E-state index contributed by atoms with van der Waals surface area (Å²) in [7, 11) is 0. The minimum Gasteiger partial charge on any atom is -0.368 e. The first-order valence-corrected chi connectivity index (χ1v) is 10.4. The topological polar surface area (TPSA) is 47.1 Å². The molecule has 6 nitrogen and oxygen atoms in total. The number of benzene rings is 1. The molecular weight excluding hydrogens is 352 g/mol. The maximum atomic E-state index is 12.7. The fourth-order valence-corrected chi connectivity index (χ4v) is 3.91. The average molecular weight is 387 g/mol. The fourth-order valence-electron chi connectivity index (χ4n) is 3.91. The van der Waals surface area contributed by atoms with Crippen molar-refractivity contribution < 1.29 is 9.59 Å². The van der Waals surface area contributed by atoms with E-state index in [0.717, 1.165) is 39.3 Å². The van der Waals surface area contributed by atoms with Crippen LogP contribution in [-0.4, -0.2) is 85.4 Å². The van der Waals surface area contributed by atoms with E-state index < -0.39 is 0 Å². The first-order chi connectivity index (χ1) is 13.2. The summed E-state index contributed by atoms with van der Waals surface area (Å²) in [6.45, 7) is 14.7. The standard InChI is InChI=1S/C22H34N4O2/c1-18-6-5-7-19(16-18)24-12-14-25(15-13-24)20(27)17-23-8-10-26(11-9-23)21(28)22(2,3)4/h5-7,16H,8-15,17H2,1-4H3. The summed E-state index contributed by atoms with van der Waals surface area (Å²) in [6, 6.07) is 8.54. The number of nitrogens with zero attached hydrogens (tertiary/aromatic N) is 4. The summed E-state index contributed by atoms with van der Waals surface area (Å²) in [6.07, 6.45) is 0. The molecule has 0 N–H and O–H groups in total. The molecule has 3 rings (SSSR count). The third kappa shape index (κ3) is 5.04. The van der Waals surface area contributed by atoms with Gasteiger partial charge in [0, 0.05) is 63.5 Å². The van der Waals surface area contributed by atoms with Crippen LogP contribution in [0.3, 0.4) is 0 Å². The Morgan fingerprint density at radius 1 is 0.893 bits per heavy atom. The van der Waals surface area contributed by atoms with Gasteiger partial charge in [-0.1, -0.05) is 32.9 Å². The molecule has 0 bridgehead atoms. The van der Waals surface area contributed by atoms with Gasteiger partial charge in [-0.25, -0.2) is 0 Å². The Morgan fingerprint density at radius 2 is 1.50 bits per heavy atom.